The van der Waals surface area contributed by atoms with Gasteiger partial charge in [-0.3, -0.25) is 4.98 Å². The summed E-state index contributed by atoms with van der Waals surface area (Å²) in [6.45, 7) is 8.37. The molecule has 5 rings (SSSR count). The summed E-state index contributed by atoms with van der Waals surface area (Å²) in [6, 6.07) is 6.16. The van der Waals surface area contributed by atoms with E-state index in [1.54, 1.807) is 10.5 Å². The lowest BCUT2D eigenvalue weighted by molar-refractivity contribution is 0.283. The number of fused-ring (bicyclic) bond motifs is 1. The van der Waals surface area contributed by atoms with Crippen molar-refractivity contribution in [1.29, 1.82) is 0 Å². The molecule has 186 valence electrons. The molecule has 1 aliphatic heterocycles. The average molecular weight is 495 g/mol. The van der Waals surface area contributed by atoms with Crippen molar-refractivity contribution < 1.29 is 8.42 Å². The monoisotopic (exact) mass is 494 g/mol. The molecule has 3 aromatic rings. The van der Waals surface area contributed by atoms with E-state index in [0.717, 1.165) is 84.5 Å². The minimum Gasteiger partial charge on any atom is -0.345 e. The Morgan fingerprint density at radius 1 is 1.23 bits per heavy atom. The van der Waals surface area contributed by atoms with Gasteiger partial charge >= 0.3 is 0 Å². The Hall–Kier alpha value is -2.62. The van der Waals surface area contributed by atoms with Crippen LogP contribution < -0.4 is 5.32 Å². The van der Waals surface area contributed by atoms with Gasteiger partial charge in [-0.1, -0.05) is 6.58 Å². The predicted octanol–water partition coefficient (Wildman–Crippen LogP) is 3.92. The van der Waals surface area contributed by atoms with Gasteiger partial charge in [-0.15, -0.1) is 0 Å². The molecule has 35 heavy (non-hydrogen) atoms. The van der Waals surface area contributed by atoms with Crippen molar-refractivity contribution in [2.24, 2.45) is 5.92 Å². The summed E-state index contributed by atoms with van der Waals surface area (Å²) in [7, 11) is -3.12. The zero-order valence-electron chi connectivity index (χ0n) is 20.3. The second kappa shape index (κ2) is 10.2. The predicted molar refractivity (Wildman–Crippen MR) is 139 cm³/mol. The van der Waals surface area contributed by atoms with Gasteiger partial charge in [-0.25, -0.2) is 22.7 Å². The molecule has 2 aliphatic rings. The fraction of sp³-hybridized carbons (Fsp3) is 0.500. The van der Waals surface area contributed by atoms with Crippen LogP contribution in [-0.4, -0.2) is 64.1 Å². The molecule has 1 saturated carbocycles. The normalized spacial score (nSPS) is 19.3. The van der Waals surface area contributed by atoms with E-state index in [1.807, 2.05) is 31.3 Å². The van der Waals surface area contributed by atoms with Gasteiger partial charge in [0.25, 0.3) is 0 Å². The van der Waals surface area contributed by atoms with Gasteiger partial charge in [0.15, 0.2) is 5.65 Å². The molecule has 0 radical (unpaired) electrons. The second-order valence-corrected chi connectivity index (χ2v) is 11.9. The van der Waals surface area contributed by atoms with Crippen LogP contribution >= 0.6 is 0 Å². The first-order chi connectivity index (χ1) is 16.9. The Morgan fingerprint density at radius 3 is 2.91 bits per heavy atom. The van der Waals surface area contributed by atoms with Crippen LogP contribution in [0.3, 0.4) is 0 Å². The van der Waals surface area contributed by atoms with E-state index in [-0.39, 0.29) is 6.04 Å². The molecule has 8 nitrogen and oxygen atoms in total. The summed E-state index contributed by atoms with van der Waals surface area (Å²) >= 11 is 0. The minimum absolute atomic E-state index is 0.210. The molecule has 3 aromatic heterocycles. The van der Waals surface area contributed by atoms with Crippen molar-refractivity contribution in [3.05, 3.63) is 48.6 Å². The van der Waals surface area contributed by atoms with Crippen LogP contribution in [0.1, 0.15) is 49.9 Å². The van der Waals surface area contributed by atoms with Crippen LogP contribution in [0, 0.1) is 12.8 Å². The first kappa shape index (κ1) is 24.1. The molecule has 1 atom stereocenters. The number of pyridine rings is 1. The lowest BCUT2D eigenvalue weighted by Gasteiger charge is -2.32. The highest BCUT2D eigenvalue weighted by Crippen LogP contribution is 2.32. The molecule has 9 heteroatoms. The summed E-state index contributed by atoms with van der Waals surface area (Å²) < 4.78 is 27.0. The Labute approximate surface area is 207 Å². The van der Waals surface area contributed by atoms with Crippen molar-refractivity contribution in [3.8, 4) is 11.3 Å². The van der Waals surface area contributed by atoms with Crippen LogP contribution in [-0.2, 0) is 10.0 Å². The van der Waals surface area contributed by atoms with Crippen molar-refractivity contribution in [2.75, 3.05) is 25.4 Å². The highest BCUT2D eigenvalue weighted by Gasteiger charge is 2.34. The molecule has 1 aliphatic carbocycles. The van der Waals surface area contributed by atoms with E-state index in [2.05, 4.69) is 21.9 Å². The van der Waals surface area contributed by atoms with Crippen molar-refractivity contribution in [1.82, 2.24) is 29.6 Å². The number of hydrogen-bond acceptors (Lipinski definition) is 6. The molecular weight excluding hydrogens is 460 g/mol. The minimum atomic E-state index is -3.12. The highest BCUT2D eigenvalue weighted by molar-refractivity contribution is 7.89. The first-order valence-corrected chi connectivity index (χ1v) is 14.2. The van der Waals surface area contributed by atoms with E-state index in [1.165, 1.54) is 0 Å². The van der Waals surface area contributed by atoms with Crippen molar-refractivity contribution >= 4 is 26.8 Å². The van der Waals surface area contributed by atoms with Gasteiger partial charge < -0.3 is 10.3 Å². The fourth-order valence-electron chi connectivity index (χ4n) is 4.77. The third kappa shape index (κ3) is 5.79. The number of piperidine rings is 1. The lowest BCUT2D eigenvalue weighted by Crippen LogP contribution is -2.48. The maximum Gasteiger partial charge on any atom is 0.214 e. The van der Waals surface area contributed by atoms with Crippen LogP contribution in [0.4, 0.5) is 0 Å². The number of rotatable bonds is 10. The Bertz CT molecular complexity index is 1310. The molecule has 1 saturated heterocycles. The summed E-state index contributed by atoms with van der Waals surface area (Å²) in [5.74, 6) is 0.711. The number of aryl methyl sites for hydroxylation is 1. The average Bonchev–Trinajstić information content (AvgIpc) is 3.53. The third-order valence-corrected chi connectivity index (χ3v) is 8.93. The lowest BCUT2D eigenvalue weighted by atomic mass is 10.0. The van der Waals surface area contributed by atoms with Gasteiger partial charge in [0.2, 0.25) is 10.0 Å². The van der Waals surface area contributed by atoms with Crippen LogP contribution in [0.15, 0.2) is 37.2 Å². The van der Waals surface area contributed by atoms with E-state index in [9.17, 15) is 8.42 Å². The molecule has 0 spiro atoms. The molecule has 1 unspecified atom stereocenters. The standard InChI is InChI=1S/C26H34N6O2S/c1-18(5-3-12-27-21-6-4-14-32(16-21)35(33,34)17-20-8-9-20)25-22(10-7-19(2)30-25)24-15-29-26-23(31-24)11-13-28-26/h7,10-11,13,15,20-21,27H,1,3-6,8-9,12,14,16-17H2,2H3,(H,28,29). The van der Waals surface area contributed by atoms with Gasteiger partial charge in [-0.05, 0) is 81.7 Å². The molecule has 2 N–H and O–H groups in total. The largest absolute Gasteiger partial charge is 0.345 e. The Morgan fingerprint density at radius 2 is 2.09 bits per heavy atom. The van der Waals surface area contributed by atoms with E-state index >= 15 is 0 Å². The zero-order valence-corrected chi connectivity index (χ0v) is 21.1. The maximum atomic E-state index is 12.7. The summed E-state index contributed by atoms with van der Waals surface area (Å²) in [5.41, 5.74) is 6.09. The fourth-order valence-corrected chi connectivity index (χ4v) is 6.72. The molecule has 0 aromatic carbocycles. The smallest absolute Gasteiger partial charge is 0.214 e. The van der Waals surface area contributed by atoms with E-state index in [4.69, 9.17) is 9.97 Å². The summed E-state index contributed by atoms with van der Waals surface area (Å²) in [5, 5.41) is 3.58. The Balaban J connectivity index is 1.17. The molecule has 4 heterocycles. The number of aromatic nitrogens is 4. The number of sulfonamides is 1. The second-order valence-electron chi connectivity index (χ2n) is 9.90. The molecular formula is C26H34N6O2S. The number of hydrogen-bond donors (Lipinski definition) is 2. The Kier molecular flexibility index (Phi) is 7.00. The number of aromatic amines is 1. The van der Waals surface area contributed by atoms with E-state index < -0.39 is 10.0 Å². The quantitative estimate of drug-likeness (QED) is 0.414. The third-order valence-electron chi connectivity index (χ3n) is 6.92. The number of H-pyrrole nitrogens is 1. The van der Waals surface area contributed by atoms with Gasteiger partial charge in [0.1, 0.15) is 5.52 Å². The van der Waals surface area contributed by atoms with Gasteiger partial charge in [0.05, 0.1) is 23.3 Å². The SMILES string of the molecule is C=C(CCCNC1CCCN(S(=O)(=O)CC2CC2)C1)c1nc(C)ccc1-c1cnc2[nH]ccc2n1. The molecule has 0 amide bonds. The maximum absolute atomic E-state index is 12.7. The van der Waals surface area contributed by atoms with Crippen molar-refractivity contribution in [3.63, 3.8) is 0 Å². The molecule has 2 fully saturated rings. The molecule has 0 bridgehead atoms. The first-order valence-electron chi connectivity index (χ1n) is 12.6. The number of allylic oxidation sites excluding steroid dienone is 1. The number of nitrogens with zero attached hydrogens (tertiary/aromatic N) is 4. The number of nitrogens with one attached hydrogen (secondary N) is 2. The summed E-state index contributed by atoms with van der Waals surface area (Å²) in [4.78, 5) is 17.1. The van der Waals surface area contributed by atoms with Gasteiger partial charge in [0, 0.05) is 36.6 Å². The van der Waals surface area contributed by atoms with Crippen LogP contribution in [0.5, 0.6) is 0 Å². The van der Waals surface area contributed by atoms with Gasteiger partial charge in [-0.2, -0.15) is 0 Å². The van der Waals surface area contributed by atoms with E-state index in [0.29, 0.717) is 24.8 Å². The van der Waals surface area contributed by atoms with Crippen LogP contribution in [0.2, 0.25) is 0 Å². The topological polar surface area (TPSA) is 104 Å². The van der Waals surface area contributed by atoms with Crippen molar-refractivity contribution in [2.45, 2.75) is 51.5 Å². The van der Waals surface area contributed by atoms with Crippen LogP contribution in [0.25, 0.3) is 28.0 Å². The zero-order chi connectivity index (χ0) is 24.4. The summed E-state index contributed by atoms with van der Waals surface area (Å²) in [6.07, 6.45) is 9.36. The highest BCUT2D eigenvalue weighted by atomic mass is 32.2.